The van der Waals surface area contributed by atoms with E-state index in [9.17, 15) is 0 Å². The fourth-order valence-electron chi connectivity index (χ4n) is 2.65. The van der Waals surface area contributed by atoms with Crippen molar-refractivity contribution in [2.24, 2.45) is 7.05 Å². The van der Waals surface area contributed by atoms with Gasteiger partial charge in [0, 0.05) is 38.8 Å². The Balaban J connectivity index is 2.20. The average molecular weight is 271 g/mol. The van der Waals surface area contributed by atoms with E-state index in [1.807, 2.05) is 11.7 Å². The summed E-state index contributed by atoms with van der Waals surface area (Å²) in [6.45, 7) is 9.57. The van der Waals surface area contributed by atoms with Gasteiger partial charge in [-0.3, -0.25) is 9.58 Å². The Hall–Kier alpha value is -0.580. The molecule has 102 valence electrons. The third-order valence-electron chi connectivity index (χ3n) is 3.85. The Morgan fingerprint density at radius 2 is 1.94 bits per heavy atom. The van der Waals surface area contributed by atoms with Crippen LogP contribution in [-0.4, -0.2) is 39.9 Å². The molecule has 2 rings (SSSR count). The second-order valence-electron chi connectivity index (χ2n) is 5.21. The Morgan fingerprint density at radius 1 is 1.33 bits per heavy atom. The summed E-state index contributed by atoms with van der Waals surface area (Å²) in [5.74, 6) is 0. The standard InChI is InChI=1S/C13H23ClN4/c1-5-11-13(14)12(17(4)16-11)8-18-9(2)6-15-7-10(18)3/h9-10,15H,5-8H2,1-4H3. The third kappa shape index (κ3) is 2.56. The van der Waals surface area contributed by atoms with E-state index in [2.05, 4.69) is 36.1 Å². The Labute approximate surface area is 114 Å². The molecule has 0 bridgehead atoms. The van der Waals surface area contributed by atoms with Gasteiger partial charge in [-0.15, -0.1) is 0 Å². The van der Waals surface area contributed by atoms with Gasteiger partial charge in [-0.05, 0) is 20.3 Å². The molecule has 1 N–H and O–H groups in total. The van der Waals surface area contributed by atoms with E-state index >= 15 is 0 Å². The summed E-state index contributed by atoms with van der Waals surface area (Å²) >= 11 is 6.42. The van der Waals surface area contributed by atoms with Crippen molar-refractivity contribution in [2.45, 2.75) is 45.8 Å². The number of nitrogens with one attached hydrogen (secondary N) is 1. The van der Waals surface area contributed by atoms with E-state index in [4.69, 9.17) is 11.6 Å². The molecule has 0 amide bonds. The molecule has 2 unspecified atom stereocenters. The van der Waals surface area contributed by atoms with E-state index in [1.165, 1.54) is 0 Å². The third-order valence-corrected chi connectivity index (χ3v) is 4.28. The van der Waals surface area contributed by atoms with Crippen LogP contribution >= 0.6 is 11.6 Å². The molecule has 1 aromatic heterocycles. The Bertz CT molecular complexity index is 405. The fraction of sp³-hybridized carbons (Fsp3) is 0.769. The first-order chi connectivity index (χ1) is 8.54. The van der Waals surface area contributed by atoms with Crippen molar-refractivity contribution < 1.29 is 0 Å². The first-order valence-corrected chi connectivity index (χ1v) is 7.09. The highest BCUT2D eigenvalue weighted by atomic mass is 35.5. The lowest BCUT2D eigenvalue weighted by molar-refractivity contribution is 0.106. The van der Waals surface area contributed by atoms with E-state index in [0.717, 1.165) is 42.5 Å². The maximum absolute atomic E-state index is 6.42. The van der Waals surface area contributed by atoms with Crippen LogP contribution in [-0.2, 0) is 20.0 Å². The lowest BCUT2D eigenvalue weighted by atomic mass is 10.1. The van der Waals surface area contributed by atoms with E-state index < -0.39 is 0 Å². The summed E-state index contributed by atoms with van der Waals surface area (Å²) in [5, 5.41) is 8.78. The lowest BCUT2D eigenvalue weighted by Crippen LogP contribution is -2.54. The van der Waals surface area contributed by atoms with Crippen LogP contribution in [0.3, 0.4) is 0 Å². The molecule has 2 heterocycles. The highest BCUT2D eigenvalue weighted by Crippen LogP contribution is 2.24. The number of hydrogen-bond donors (Lipinski definition) is 1. The first kappa shape index (κ1) is 13.8. The predicted molar refractivity (Wildman–Crippen MR) is 74.9 cm³/mol. The number of piperazine rings is 1. The number of aryl methyl sites for hydroxylation is 2. The van der Waals surface area contributed by atoms with Gasteiger partial charge in [0.15, 0.2) is 0 Å². The zero-order valence-corrected chi connectivity index (χ0v) is 12.5. The molecule has 0 aliphatic carbocycles. The first-order valence-electron chi connectivity index (χ1n) is 6.71. The van der Waals surface area contributed by atoms with Gasteiger partial charge in [0.2, 0.25) is 0 Å². The minimum Gasteiger partial charge on any atom is -0.314 e. The quantitative estimate of drug-likeness (QED) is 0.910. The smallest absolute Gasteiger partial charge is 0.0863 e. The van der Waals surface area contributed by atoms with Gasteiger partial charge in [-0.1, -0.05) is 18.5 Å². The maximum Gasteiger partial charge on any atom is 0.0863 e. The van der Waals surface area contributed by atoms with E-state index in [-0.39, 0.29) is 0 Å². The molecule has 1 aliphatic heterocycles. The molecule has 0 aromatic carbocycles. The van der Waals surface area contributed by atoms with Crippen LogP contribution in [0, 0.1) is 0 Å². The van der Waals surface area contributed by atoms with Crippen LogP contribution < -0.4 is 5.32 Å². The van der Waals surface area contributed by atoms with Gasteiger partial charge in [0.1, 0.15) is 0 Å². The van der Waals surface area contributed by atoms with Gasteiger partial charge in [-0.2, -0.15) is 5.10 Å². The lowest BCUT2D eigenvalue weighted by Gasteiger charge is -2.39. The van der Waals surface area contributed by atoms with Crippen molar-refractivity contribution in [2.75, 3.05) is 13.1 Å². The van der Waals surface area contributed by atoms with Crippen molar-refractivity contribution in [3.8, 4) is 0 Å². The second kappa shape index (κ2) is 5.59. The molecule has 5 heteroatoms. The Morgan fingerprint density at radius 3 is 2.44 bits per heavy atom. The van der Waals surface area contributed by atoms with Crippen LogP contribution in [0.2, 0.25) is 5.02 Å². The van der Waals surface area contributed by atoms with Gasteiger partial charge in [-0.25, -0.2) is 0 Å². The van der Waals surface area contributed by atoms with E-state index in [1.54, 1.807) is 0 Å². The molecule has 0 saturated carbocycles. The average Bonchev–Trinajstić information content (AvgIpc) is 2.60. The second-order valence-corrected chi connectivity index (χ2v) is 5.59. The summed E-state index contributed by atoms with van der Waals surface area (Å²) in [5.41, 5.74) is 2.14. The number of hydrogen-bond acceptors (Lipinski definition) is 3. The van der Waals surface area contributed by atoms with Gasteiger partial charge in [0.25, 0.3) is 0 Å². The summed E-state index contributed by atoms with van der Waals surface area (Å²) in [7, 11) is 1.98. The molecule has 1 fully saturated rings. The normalized spacial score (nSPS) is 25.6. The van der Waals surface area contributed by atoms with Crippen LogP contribution in [0.15, 0.2) is 0 Å². The number of halogens is 1. The number of aromatic nitrogens is 2. The maximum atomic E-state index is 6.42. The van der Waals surface area contributed by atoms with Crippen molar-refractivity contribution in [3.05, 3.63) is 16.4 Å². The molecular formula is C13H23ClN4. The minimum absolute atomic E-state index is 0.532. The fourth-order valence-corrected chi connectivity index (χ4v) is 3.00. The van der Waals surface area contributed by atoms with Crippen molar-refractivity contribution >= 4 is 11.6 Å². The molecule has 4 nitrogen and oxygen atoms in total. The number of rotatable bonds is 3. The van der Waals surface area contributed by atoms with Crippen LogP contribution in [0.25, 0.3) is 0 Å². The zero-order valence-electron chi connectivity index (χ0n) is 11.7. The van der Waals surface area contributed by atoms with Crippen LogP contribution in [0.5, 0.6) is 0 Å². The predicted octanol–water partition coefficient (Wildman–Crippen LogP) is 1.82. The van der Waals surface area contributed by atoms with Crippen molar-refractivity contribution in [3.63, 3.8) is 0 Å². The molecular weight excluding hydrogens is 248 g/mol. The molecule has 1 saturated heterocycles. The summed E-state index contributed by atoms with van der Waals surface area (Å²) in [6.07, 6.45) is 0.888. The molecule has 2 atom stereocenters. The Kier molecular flexibility index (Phi) is 4.30. The van der Waals surface area contributed by atoms with Crippen molar-refractivity contribution in [1.82, 2.24) is 20.0 Å². The summed E-state index contributed by atoms with van der Waals surface area (Å²) < 4.78 is 1.93. The molecule has 0 spiro atoms. The van der Waals surface area contributed by atoms with Gasteiger partial charge >= 0.3 is 0 Å². The molecule has 1 aromatic rings. The van der Waals surface area contributed by atoms with Gasteiger partial charge in [0.05, 0.1) is 16.4 Å². The topological polar surface area (TPSA) is 33.1 Å². The molecule has 18 heavy (non-hydrogen) atoms. The monoisotopic (exact) mass is 270 g/mol. The highest BCUT2D eigenvalue weighted by molar-refractivity contribution is 6.31. The van der Waals surface area contributed by atoms with Crippen LogP contribution in [0.4, 0.5) is 0 Å². The van der Waals surface area contributed by atoms with Crippen LogP contribution in [0.1, 0.15) is 32.2 Å². The SMILES string of the molecule is CCc1nn(C)c(CN2C(C)CNCC2C)c1Cl. The minimum atomic E-state index is 0.532. The number of nitrogens with zero attached hydrogens (tertiary/aromatic N) is 3. The van der Waals surface area contributed by atoms with Crippen molar-refractivity contribution in [1.29, 1.82) is 0 Å². The zero-order chi connectivity index (χ0) is 13.3. The highest BCUT2D eigenvalue weighted by Gasteiger charge is 2.26. The van der Waals surface area contributed by atoms with Gasteiger partial charge < -0.3 is 5.32 Å². The van der Waals surface area contributed by atoms with E-state index in [0.29, 0.717) is 12.1 Å². The molecule has 0 radical (unpaired) electrons. The summed E-state index contributed by atoms with van der Waals surface area (Å²) in [6, 6.07) is 1.06. The summed E-state index contributed by atoms with van der Waals surface area (Å²) in [4.78, 5) is 2.50. The molecule has 1 aliphatic rings. The largest absolute Gasteiger partial charge is 0.314 e.